The molecule has 0 radical (unpaired) electrons. The van der Waals surface area contributed by atoms with Crippen LogP contribution in [0.4, 0.5) is 0 Å². The van der Waals surface area contributed by atoms with Crippen LogP contribution in [0.3, 0.4) is 0 Å². The molecule has 1 amide bonds. The minimum absolute atomic E-state index is 0.0187. The maximum absolute atomic E-state index is 13.5. The summed E-state index contributed by atoms with van der Waals surface area (Å²) in [5, 5.41) is 0.910. The van der Waals surface area contributed by atoms with E-state index in [-0.39, 0.29) is 5.91 Å². The fourth-order valence-electron chi connectivity index (χ4n) is 3.15. The highest BCUT2D eigenvalue weighted by atomic mass is 16.2. The molecule has 2 heterocycles. The maximum Gasteiger partial charge on any atom is 0.255 e. The molecule has 2 aromatic heterocycles. The first kappa shape index (κ1) is 19.0. The van der Waals surface area contributed by atoms with Crippen LogP contribution in [0, 0.1) is 20.8 Å². The SMILES string of the molecule is Cc1cc(C(=O)N(CCN(C)C)Cc2cnc[nH]2)c2ccc(C)c(C)c2n1. The number of imidazole rings is 1. The first-order valence-electron chi connectivity index (χ1n) is 9.15. The first-order chi connectivity index (χ1) is 12.9. The Balaban J connectivity index is 2.03. The molecule has 0 spiro atoms. The van der Waals surface area contributed by atoms with Gasteiger partial charge in [0.15, 0.2) is 0 Å². The van der Waals surface area contributed by atoms with Gasteiger partial charge in [-0.1, -0.05) is 12.1 Å². The second-order valence-electron chi connectivity index (χ2n) is 7.32. The van der Waals surface area contributed by atoms with Crippen molar-refractivity contribution in [2.24, 2.45) is 0 Å². The van der Waals surface area contributed by atoms with E-state index in [0.717, 1.165) is 34.4 Å². The molecular formula is C21H27N5O. The van der Waals surface area contributed by atoms with E-state index in [1.54, 1.807) is 12.5 Å². The summed E-state index contributed by atoms with van der Waals surface area (Å²) in [5.41, 5.74) is 5.70. The van der Waals surface area contributed by atoms with Crippen LogP contribution in [0.15, 0.2) is 30.7 Å². The molecule has 3 aromatic rings. The van der Waals surface area contributed by atoms with Gasteiger partial charge in [0.05, 0.1) is 29.6 Å². The summed E-state index contributed by atoms with van der Waals surface area (Å²) in [6.45, 7) is 8.00. The van der Waals surface area contributed by atoms with Crippen molar-refractivity contribution in [3.8, 4) is 0 Å². The standard InChI is InChI=1S/C21H27N5O/c1-14-6-7-18-19(10-15(2)24-20(18)16(14)3)21(27)26(9-8-25(4)5)12-17-11-22-13-23-17/h6-7,10-11,13H,8-9,12H2,1-5H3,(H,22,23). The minimum atomic E-state index is 0.0187. The van der Waals surface area contributed by atoms with Gasteiger partial charge >= 0.3 is 0 Å². The van der Waals surface area contributed by atoms with Crippen molar-refractivity contribution in [1.82, 2.24) is 24.8 Å². The molecule has 27 heavy (non-hydrogen) atoms. The van der Waals surface area contributed by atoms with E-state index in [2.05, 4.69) is 34.8 Å². The van der Waals surface area contributed by atoms with Crippen LogP contribution in [0.1, 0.15) is 32.9 Å². The minimum Gasteiger partial charge on any atom is -0.347 e. The summed E-state index contributed by atoms with van der Waals surface area (Å²) in [6.07, 6.45) is 3.40. The number of benzene rings is 1. The molecule has 0 aliphatic carbocycles. The molecule has 0 saturated carbocycles. The van der Waals surface area contributed by atoms with Crippen molar-refractivity contribution in [3.63, 3.8) is 0 Å². The lowest BCUT2D eigenvalue weighted by Gasteiger charge is -2.25. The van der Waals surface area contributed by atoms with Gasteiger partial charge in [0.25, 0.3) is 5.91 Å². The highest BCUT2D eigenvalue weighted by Crippen LogP contribution is 2.25. The third-order valence-electron chi connectivity index (χ3n) is 4.88. The molecule has 142 valence electrons. The number of nitrogens with zero attached hydrogens (tertiary/aromatic N) is 4. The van der Waals surface area contributed by atoms with Gasteiger partial charge in [-0.25, -0.2) is 4.98 Å². The van der Waals surface area contributed by atoms with Gasteiger partial charge in [-0.15, -0.1) is 0 Å². The monoisotopic (exact) mass is 365 g/mol. The maximum atomic E-state index is 13.5. The molecule has 3 rings (SSSR count). The Bertz CT molecular complexity index is 947. The van der Waals surface area contributed by atoms with Gasteiger partial charge in [0, 0.05) is 30.4 Å². The fraction of sp³-hybridized carbons (Fsp3) is 0.381. The molecule has 0 unspecified atom stereocenters. The molecule has 1 N–H and O–H groups in total. The third-order valence-corrected chi connectivity index (χ3v) is 4.88. The number of amides is 1. The number of carbonyl (C=O) groups is 1. The summed E-state index contributed by atoms with van der Waals surface area (Å²) in [4.78, 5) is 29.3. The molecule has 1 aromatic carbocycles. The second kappa shape index (κ2) is 7.88. The molecule has 0 saturated heterocycles. The molecule has 6 heteroatoms. The Morgan fingerprint density at radius 1 is 1.15 bits per heavy atom. The molecule has 0 atom stereocenters. The number of hydrogen-bond donors (Lipinski definition) is 1. The van der Waals surface area contributed by atoms with E-state index in [4.69, 9.17) is 4.98 Å². The van der Waals surface area contributed by atoms with Crippen LogP contribution < -0.4 is 0 Å². The zero-order valence-corrected chi connectivity index (χ0v) is 16.7. The molecule has 6 nitrogen and oxygen atoms in total. The normalized spacial score (nSPS) is 11.3. The van der Waals surface area contributed by atoms with Gasteiger partial charge in [-0.05, 0) is 52.1 Å². The van der Waals surface area contributed by atoms with E-state index in [1.807, 2.05) is 38.1 Å². The van der Waals surface area contributed by atoms with Crippen LogP contribution >= 0.6 is 0 Å². The van der Waals surface area contributed by atoms with Crippen molar-refractivity contribution in [1.29, 1.82) is 0 Å². The van der Waals surface area contributed by atoms with E-state index in [9.17, 15) is 4.79 Å². The van der Waals surface area contributed by atoms with Crippen LogP contribution in [-0.4, -0.2) is 57.8 Å². The van der Waals surface area contributed by atoms with Crippen LogP contribution in [0.5, 0.6) is 0 Å². The zero-order chi connectivity index (χ0) is 19.6. The predicted octanol–water partition coefficient (Wildman–Crippen LogP) is 3.09. The number of rotatable bonds is 6. The zero-order valence-electron chi connectivity index (χ0n) is 16.7. The number of pyridine rings is 1. The van der Waals surface area contributed by atoms with Crippen LogP contribution in [0.25, 0.3) is 10.9 Å². The lowest BCUT2D eigenvalue weighted by Crippen LogP contribution is -2.36. The van der Waals surface area contributed by atoms with Gasteiger partial charge in [-0.3, -0.25) is 9.78 Å². The lowest BCUT2D eigenvalue weighted by molar-refractivity contribution is 0.0732. The fourth-order valence-corrected chi connectivity index (χ4v) is 3.15. The Morgan fingerprint density at radius 3 is 2.59 bits per heavy atom. The van der Waals surface area contributed by atoms with Crippen molar-refractivity contribution < 1.29 is 4.79 Å². The topological polar surface area (TPSA) is 65.1 Å². The van der Waals surface area contributed by atoms with E-state index in [1.165, 1.54) is 5.56 Å². The Morgan fingerprint density at radius 2 is 1.93 bits per heavy atom. The van der Waals surface area contributed by atoms with Crippen molar-refractivity contribution in [2.45, 2.75) is 27.3 Å². The summed E-state index contributed by atoms with van der Waals surface area (Å²) in [5.74, 6) is 0.0187. The average Bonchev–Trinajstić information content (AvgIpc) is 3.14. The van der Waals surface area contributed by atoms with Crippen molar-refractivity contribution in [3.05, 3.63) is 58.8 Å². The number of nitrogens with one attached hydrogen (secondary N) is 1. The second-order valence-corrected chi connectivity index (χ2v) is 7.32. The van der Waals surface area contributed by atoms with Crippen LogP contribution in [0.2, 0.25) is 0 Å². The number of hydrogen-bond acceptors (Lipinski definition) is 4. The average molecular weight is 365 g/mol. The van der Waals surface area contributed by atoms with Crippen molar-refractivity contribution >= 4 is 16.8 Å². The number of carbonyl (C=O) groups excluding carboxylic acids is 1. The van der Waals surface area contributed by atoms with Crippen LogP contribution in [-0.2, 0) is 6.54 Å². The van der Waals surface area contributed by atoms with Gasteiger partial charge < -0.3 is 14.8 Å². The molecule has 0 aliphatic heterocycles. The molecule has 0 bridgehead atoms. The van der Waals surface area contributed by atoms with Gasteiger partial charge in [-0.2, -0.15) is 0 Å². The van der Waals surface area contributed by atoms with Gasteiger partial charge in [0.1, 0.15) is 0 Å². The lowest BCUT2D eigenvalue weighted by atomic mass is 10.00. The highest BCUT2D eigenvalue weighted by Gasteiger charge is 2.21. The molecule has 0 fully saturated rings. The largest absolute Gasteiger partial charge is 0.347 e. The van der Waals surface area contributed by atoms with E-state index in [0.29, 0.717) is 18.7 Å². The molecule has 0 aliphatic rings. The highest BCUT2D eigenvalue weighted by molar-refractivity contribution is 6.07. The smallest absolute Gasteiger partial charge is 0.255 e. The van der Waals surface area contributed by atoms with E-state index >= 15 is 0 Å². The number of aromatic nitrogens is 3. The summed E-state index contributed by atoms with van der Waals surface area (Å²) in [7, 11) is 4.02. The van der Waals surface area contributed by atoms with Crippen molar-refractivity contribution in [2.75, 3.05) is 27.2 Å². The number of H-pyrrole nitrogens is 1. The Kier molecular flexibility index (Phi) is 5.56. The molecular weight excluding hydrogens is 338 g/mol. The number of aromatic amines is 1. The quantitative estimate of drug-likeness (QED) is 0.729. The Labute approximate surface area is 160 Å². The summed E-state index contributed by atoms with van der Waals surface area (Å²) >= 11 is 0. The number of aryl methyl sites for hydroxylation is 3. The predicted molar refractivity (Wildman–Crippen MR) is 108 cm³/mol. The number of likely N-dealkylation sites (N-methyl/N-ethyl adjacent to an activating group) is 1. The Hall–Kier alpha value is -2.73. The third kappa shape index (κ3) is 4.17. The van der Waals surface area contributed by atoms with E-state index < -0.39 is 0 Å². The summed E-state index contributed by atoms with van der Waals surface area (Å²) < 4.78 is 0. The number of fused-ring (bicyclic) bond motifs is 1. The first-order valence-corrected chi connectivity index (χ1v) is 9.15. The van der Waals surface area contributed by atoms with Gasteiger partial charge in [0.2, 0.25) is 0 Å². The summed E-state index contributed by atoms with van der Waals surface area (Å²) in [6, 6.07) is 5.97.